The van der Waals surface area contributed by atoms with Crippen molar-refractivity contribution in [2.24, 2.45) is 5.73 Å². The van der Waals surface area contributed by atoms with E-state index < -0.39 is 6.10 Å². The Bertz CT molecular complexity index is 992. The molecule has 10 heteroatoms. The molecule has 3 rings (SSSR count). The van der Waals surface area contributed by atoms with E-state index >= 15 is 0 Å². The fourth-order valence-corrected chi connectivity index (χ4v) is 2.77. The summed E-state index contributed by atoms with van der Waals surface area (Å²) in [7, 11) is 0. The molecule has 0 aliphatic heterocycles. The van der Waals surface area contributed by atoms with E-state index in [4.69, 9.17) is 39.0 Å². The van der Waals surface area contributed by atoms with E-state index in [2.05, 4.69) is 15.4 Å². The van der Waals surface area contributed by atoms with Gasteiger partial charge in [-0.2, -0.15) is 10.1 Å². The first-order valence-corrected chi connectivity index (χ1v) is 8.81. The van der Waals surface area contributed by atoms with Gasteiger partial charge in [0.1, 0.15) is 29.9 Å². The summed E-state index contributed by atoms with van der Waals surface area (Å²) in [5.74, 6) is 1.43. The molecule has 0 saturated carbocycles. The Morgan fingerprint density at radius 1 is 1.48 bits per heavy atom. The molecule has 1 unspecified atom stereocenters. The largest absolute Gasteiger partial charge is 0.489 e. The summed E-state index contributed by atoms with van der Waals surface area (Å²) in [6.45, 7) is 3.69. The van der Waals surface area contributed by atoms with Crippen LogP contribution in [0.1, 0.15) is 12.5 Å². The number of thiocarbonyl (C=S) groups is 1. The van der Waals surface area contributed by atoms with Gasteiger partial charge in [0, 0.05) is 11.6 Å². The van der Waals surface area contributed by atoms with E-state index in [1.165, 1.54) is 6.33 Å². The van der Waals surface area contributed by atoms with Crippen LogP contribution in [0.25, 0.3) is 5.52 Å². The van der Waals surface area contributed by atoms with Crippen molar-refractivity contribution in [3.05, 3.63) is 41.3 Å². The number of hydrogen-bond acceptors (Lipinski definition) is 6. The molecule has 1 aromatic carbocycles. The van der Waals surface area contributed by atoms with E-state index in [0.717, 1.165) is 5.56 Å². The lowest BCUT2D eigenvalue weighted by Gasteiger charge is -2.10. The van der Waals surface area contributed by atoms with Gasteiger partial charge in [-0.1, -0.05) is 11.6 Å². The molecule has 0 amide bonds. The Balaban J connectivity index is 1.91. The molecule has 3 aromatic rings. The van der Waals surface area contributed by atoms with Gasteiger partial charge in [0.25, 0.3) is 0 Å². The molecule has 0 saturated heterocycles. The quantitative estimate of drug-likeness (QED) is 0.535. The highest BCUT2D eigenvalue weighted by atomic mass is 35.5. The van der Waals surface area contributed by atoms with Crippen molar-refractivity contribution in [2.45, 2.75) is 20.0 Å². The third-order valence-corrected chi connectivity index (χ3v) is 4.05. The zero-order valence-electron chi connectivity index (χ0n) is 14.6. The summed E-state index contributed by atoms with van der Waals surface area (Å²) >= 11 is 11.0. The fourth-order valence-electron chi connectivity index (χ4n) is 2.44. The summed E-state index contributed by atoms with van der Waals surface area (Å²) in [6.07, 6.45) is 2.51. The average Bonchev–Trinajstić information content (AvgIpc) is 2.92. The second kappa shape index (κ2) is 7.95. The van der Waals surface area contributed by atoms with Gasteiger partial charge < -0.3 is 25.6 Å². The van der Waals surface area contributed by atoms with Gasteiger partial charge >= 0.3 is 0 Å². The van der Waals surface area contributed by atoms with Crippen molar-refractivity contribution < 1.29 is 14.6 Å². The molecule has 1 atom stereocenters. The minimum atomic E-state index is -0.579. The number of aromatic nitrogens is 3. The normalized spacial score (nSPS) is 12.0. The summed E-state index contributed by atoms with van der Waals surface area (Å²) in [5, 5.41) is 16.9. The van der Waals surface area contributed by atoms with Crippen molar-refractivity contribution in [3.8, 4) is 17.4 Å². The Kier molecular flexibility index (Phi) is 5.64. The smallest absolute Gasteiger partial charge is 0.247 e. The van der Waals surface area contributed by atoms with Crippen LogP contribution in [0.4, 0.5) is 5.69 Å². The maximum Gasteiger partial charge on any atom is 0.247 e. The molecule has 2 heterocycles. The Morgan fingerprint density at radius 2 is 2.26 bits per heavy atom. The molecular weight excluding hydrogens is 390 g/mol. The lowest BCUT2D eigenvalue weighted by Crippen LogP contribution is -2.19. The van der Waals surface area contributed by atoms with E-state index in [1.807, 2.05) is 6.92 Å². The van der Waals surface area contributed by atoms with Crippen molar-refractivity contribution >= 4 is 40.1 Å². The summed E-state index contributed by atoms with van der Waals surface area (Å²) in [6, 6.07) is 5.05. The Labute approximate surface area is 165 Å². The standard InChI is InChI=1S/C17H18ClN5O3S/c1-9(24)7-25-14-6-23-15(10(14)2)16(20-8-21-23)26-11-3-4-13(12(18)5-11)22-17(19)27/h3-6,8-9,24H,7H2,1-2H3,(H3,19,22,27). The van der Waals surface area contributed by atoms with Crippen molar-refractivity contribution in [1.82, 2.24) is 14.6 Å². The topological polar surface area (TPSA) is 107 Å². The number of aliphatic hydroxyl groups excluding tert-OH is 1. The maximum atomic E-state index is 9.41. The van der Waals surface area contributed by atoms with Gasteiger partial charge in [0.05, 0.1) is 23.0 Å². The highest BCUT2D eigenvalue weighted by Crippen LogP contribution is 2.34. The Hall–Kier alpha value is -2.62. The number of hydrogen-bond donors (Lipinski definition) is 3. The third-order valence-electron chi connectivity index (χ3n) is 3.64. The van der Waals surface area contributed by atoms with Crippen molar-refractivity contribution in [3.63, 3.8) is 0 Å². The molecule has 142 valence electrons. The SMILES string of the molecule is Cc1c(OCC(C)O)cn2ncnc(Oc3ccc(NC(N)=S)c(Cl)c3)c12. The van der Waals surface area contributed by atoms with Gasteiger partial charge in [-0.15, -0.1) is 0 Å². The molecule has 0 radical (unpaired) electrons. The van der Waals surface area contributed by atoms with Crippen LogP contribution < -0.4 is 20.5 Å². The molecule has 4 N–H and O–H groups in total. The number of benzene rings is 1. The summed E-state index contributed by atoms with van der Waals surface area (Å²) in [4.78, 5) is 4.21. The number of rotatable bonds is 6. The molecular formula is C17H18ClN5O3S. The number of fused-ring (bicyclic) bond motifs is 1. The first-order valence-electron chi connectivity index (χ1n) is 8.03. The summed E-state index contributed by atoms with van der Waals surface area (Å²) < 4.78 is 13.1. The highest BCUT2D eigenvalue weighted by Gasteiger charge is 2.16. The van der Waals surface area contributed by atoms with Crippen LogP contribution in [0.3, 0.4) is 0 Å². The number of aliphatic hydroxyl groups is 1. The van der Waals surface area contributed by atoms with Crippen molar-refractivity contribution in [2.75, 3.05) is 11.9 Å². The average molecular weight is 408 g/mol. The van der Waals surface area contributed by atoms with Crippen LogP contribution in [0.5, 0.6) is 17.4 Å². The molecule has 0 spiro atoms. The van der Waals surface area contributed by atoms with E-state index in [0.29, 0.717) is 33.6 Å². The number of ether oxygens (including phenoxy) is 2. The predicted octanol–water partition coefficient (Wildman–Crippen LogP) is 2.90. The zero-order valence-corrected chi connectivity index (χ0v) is 16.2. The van der Waals surface area contributed by atoms with Crippen LogP contribution >= 0.6 is 23.8 Å². The van der Waals surface area contributed by atoms with Gasteiger partial charge in [-0.3, -0.25) is 0 Å². The van der Waals surface area contributed by atoms with Crippen LogP contribution in [-0.4, -0.2) is 37.5 Å². The van der Waals surface area contributed by atoms with E-state index in [1.54, 1.807) is 35.8 Å². The molecule has 2 aromatic heterocycles. The van der Waals surface area contributed by atoms with Crippen LogP contribution in [-0.2, 0) is 0 Å². The second-order valence-corrected chi connectivity index (χ2v) is 6.72. The molecule has 27 heavy (non-hydrogen) atoms. The molecule has 0 fully saturated rings. The minimum absolute atomic E-state index is 0.122. The maximum absolute atomic E-state index is 9.41. The predicted molar refractivity (Wildman–Crippen MR) is 107 cm³/mol. The molecule has 0 aliphatic rings. The summed E-state index contributed by atoms with van der Waals surface area (Å²) in [5.41, 5.74) is 7.49. The molecule has 0 bridgehead atoms. The highest BCUT2D eigenvalue weighted by molar-refractivity contribution is 7.80. The van der Waals surface area contributed by atoms with Crippen LogP contribution in [0.2, 0.25) is 5.02 Å². The van der Waals surface area contributed by atoms with Crippen molar-refractivity contribution in [1.29, 1.82) is 0 Å². The fraction of sp³-hybridized carbons (Fsp3) is 0.235. The van der Waals surface area contributed by atoms with Gasteiger partial charge in [-0.25, -0.2) is 4.52 Å². The van der Waals surface area contributed by atoms with Crippen LogP contribution in [0, 0.1) is 6.92 Å². The lowest BCUT2D eigenvalue weighted by molar-refractivity contribution is 0.122. The van der Waals surface area contributed by atoms with Crippen LogP contribution in [0.15, 0.2) is 30.7 Å². The number of nitrogens with two attached hydrogens (primary N) is 1. The van der Waals surface area contributed by atoms with Gasteiger partial charge in [-0.05, 0) is 38.2 Å². The van der Waals surface area contributed by atoms with Gasteiger partial charge in [0.15, 0.2) is 5.11 Å². The van der Waals surface area contributed by atoms with Gasteiger partial charge in [0.2, 0.25) is 5.88 Å². The first kappa shape index (κ1) is 19.2. The lowest BCUT2D eigenvalue weighted by atomic mass is 10.3. The monoisotopic (exact) mass is 407 g/mol. The number of aryl methyl sites for hydroxylation is 1. The number of anilines is 1. The minimum Gasteiger partial charge on any atom is -0.489 e. The second-order valence-electron chi connectivity index (χ2n) is 5.87. The zero-order chi connectivity index (χ0) is 19.6. The van der Waals surface area contributed by atoms with E-state index in [-0.39, 0.29) is 11.7 Å². The van der Waals surface area contributed by atoms with E-state index in [9.17, 15) is 5.11 Å². The molecule has 8 nitrogen and oxygen atoms in total. The number of nitrogens with zero attached hydrogens (tertiary/aromatic N) is 3. The number of nitrogens with one attached hydrogen (secondary N) is 1. The first-order chi connectivity index (χ1) is 12.8. The number of halogens is 1. The Morgan fingerprint density at radius 3 is 2.93 bits per heavy atom. The molecule has 0 aliphatic carbocycles. The third kappa shape index (κ3) is 4.38.